The summed E-state index contributed by atoms with van der Waals surface area (Å²) in [6.45, 7) is 0.299. The Labute approximate surface area is 175 Å². The van der Waals surface area contributed by atoms with E-state index in [-0.39, 0.29) is 23.7 Å². The van der Waals surface area contributed by atoms with Crippen molar-refractivity contribution in [1.29, 1.82) is 0 Å². The molecule has 1 unspecified atom stereocenters. The molecule has 1 atom stereocenters. The summed E-state index contributed by atoms with van der Waals surface area (Å²) in [6.07, 6.45) is 4.78. The summed E-state index contributed by atoms with van der Waals surface area (Å²) in [4.78, 5) is 7.24. The van der Waals surface area contributed by atoms with Crippen LogP contribution in [0.15, 0.2) is 36.9 Å². The van der Waals surface area contributed by atoms with Crippen LogP contribution in [-0.2, 0) is 6.54 Å². The Balaban J connectivity index is 1.81. The van der Waals surface area contributed by atoms with Crippen molar-refractivity contribution >= 4 is 11.0 Å². The predicted molar refractivity (Wildman–Crippen MR) is 108 cm³/mol. The highest BCUT2D eigenvalue weighted by atomic mass is 19.1. The number of aliphatic hydroxyl groups excluding tert-OH is 2. The largest absolute Gasteiger partial charge is 0.494 e. The number of benzene rings is 1. The molecule has 31 heavy (non-hydrogen) atoms. The number of hydrogen-bond donors (Lipinski definition) is 3. The van der Waals surface area contributed by atoms with Gasteiger partial charge in [-0.2, -0.15) is 5.10 Å². The van der Waals surface area contributed by atoms with Crippen LogP contribution in [0.1, 0.15) is 17.2 Å². The van der Waals surface area contributed by atoms with Crippen molar-refractivity contribution in [2.75, 3.05) is 20.8 Å². The highest BCUT2D eigenvalue weighted by Crippen LogP contribution is 2.39. The Kier molecular flexibility index (Phi) is 5.57. The second-order valence-electron chi connectivity index (χ2n) is 6.81. The number of ether oxygens (including phenoxy) is 2. The van der Waals surface area contributed by atoms with Crippen molar-refractivity contribution in [3.8, 4) is 22.6 Å². The highest BCUT2D eigenvalue weighted by Gasteiger charge is 2.28. The molecule has 3 aromatic heterocycles. The van der Waals surface area contributed by atoms with E-state index in [0.717, 1.165) is 11.6 Å². The normalized spacial score (nSPS) is 12.3. The Morgan fingerprint density at radius 1 is 1.10 bits per heavy atom. The molecule has 0 radical (unpaired) electrons. The number of rotatable bonds is 7. The molecule has 0 spiro atoms. The molecular weight excluding hydrogens is 410 g/mol. The minimum Gasteiger partial charge on any atom is -0.494 e. The van der Waals surface area contributed by atoms with E-state index >= 15 is 0 Å². The van der Waals surface area contributed by atoms with Gasteiger partial charge < -0.3 is 24.7 Å². The number of aromatic amines is 1. The first-order valence-electron chi connectivity index (χ1n) is 9.37. The molecule has 4 aromatic rings. The molecule has 0 aliphatic heterocycles. The van der Waals surface area contributed by atoms with Crippen molar-refractivity contribution in [2.45, 2.75) is 12.6 Å². The third-order valence-electron chi connectivity index (χ3n) is 5.03. The Morgan fingerprint density at radius 2 is 1.81 bits per heavy atom. The maximum absolute atomic E-state index is 14.9. The molecule has 0 aliphatic carbocycles. The molecule has 3 heterocycles. The highest BCUT2D eigenvalue weighted by molar-refractivity contribution is 5.85. The number of nitrogens with one attached hydrogen (secondary N) is 1. The van der Waals surface area contributed by atoms with Crippen LogP contribution >= 0.6 is 0 Å². The lowest BCUT2D eigenvalue weighted by Gasteiger charge is -2.17. The van der Waals surface area contributed by atoms with Crippen molar-refractivity contribution in [3.05, 3.63) is 59.7 Å². The van der Waals surface area contributed by atoms with E-state index in [2.05, 4.69) is 15.1 Å². The third-order valence-corrected chi connectivity index (χ3v) is 5.03. The number of aliphatic hydroxyl groups is 2. The van der Waals surface area contributed by atoms with Crippen LogP contribution in [0.4, 0.5) is 8.78 Å². The number of pyridine rings is 1. The van der Waals surface area contributed by atoms with Gasteiger partial charge in [0.2, 0.25) is 0 Å². The number of aromatic nitrogens is 4. The summed E-state index contributed by atoms with van der Waals surface area (Å²) < 4.78 is 41.2. The van der Waals surface area contributed by atoms with Gasteiger partial charge >= 0.3 is 0 Å². The summed E-state index contributed by atoms with van der Waals surface area (Å²) in [5.41, 5.74) is 1.52. The molecule has 0 saturated heterocycles. The first kappa shape index (κ1) is 20.8. The SMILES string of the molecule is COc1cc(OC)c(F)c(C(O)c2c[nH]c3ncc(-c4cnn(CCO)c4)cc23)c1F. The molecule has 1 aromatic carbocycles. The fourth-order valence-corrected chi connectivity index (χ4v) is 3.45. The summed E-state index contributed by atoms with van der Waals surface area (Å²) in [6, 6.07) is 2.82. The molecule has 0 fully saturated rings. The fraction of sp³-hybridized carbons (Fsp3) is 0.238. The fourth-order valence-electron chi connectivity index (χ4n) is 3.45. The number of halogens is 2. The second kappa shape index (κ2) is 8.32. The minimum absolute atomic E-state index is 0.0479. The topological polar surface area (TPSA) is 105 Å². The molecular formula is C21H20F2N4O4. The van der Waals surface area contributed by atoms with Crippen LogP contribution in [0.3, 0.4) is 0 Å². The molecule has 0 aliphatic rings. The number of H-pyrrole nitrogens is 1. The molecule has 162 valence electrons. The lowest BCUT2D eigenvalue weighted by Crippen LogP contribution is -2.08. The summed E-state index contributed by atoms with van der Waals surface area (Å²) >= 11 is 0. The Morgan fingerprint density at radius 3 is 2.45 bits per heavy atom. The average molecular weight is 430 g/mol. The zero-order valence-corrected chi connectivity index (χ0v) is 16.8. The van der Waals surface area contributed by atoms with Gasteiger partial charge in [0, 0.05) is 46.7 Å². The van der Waals surface area contributed by atoms with Crippen molar-refractivity contribution in [1.82, 2.24) is 19.7 Å². The van der Waals surface area contributed by atoms with Gasteiger partial charge in [-0.3, -0.25) is 4.68 Å². The van der Waals surface area contributed by atoms with E-state index in [1.54, 1.807) is 29.3 Å². The van der Waals surface area contributed by atoms with E-state index in [4.69, 9.17) is 14.6 Å². The molecule has 4 rings (SSSR count). The number of fused-ring (bicyclic) bond motifs is 1. The monoisotopic (exact) mass is 430 g/mol. The Hall–Kier alpha value is -3.50. The zero-order chi connectivity index (χ0) is 22.1. The molecule has 0 bridgehead atoms. The van der Waals surface area contributed by atoms with Crippen LogP contribution in [0.25, 0.3) is 22.2 Å². The first-order chi connectivity index (χ1) is 15.0. The quantitative estimate of drug-likeness (QED) is 0.416. The number of nitrogens with zero attached hydrogens (tertiary/aromatic N) is 3. The van der Waals surface area contributed by atoms with Crippen LogP contribution in [0.2, 0.25) is 0 Å². The summed E-state index contributed by atoms with van der Waals surface area (Å²) in [5, 5.41) is 24.6. The maximum Gasteiger partial charge on any atom is 0.174 e. The van der Waals surface area contributed by atoms with Gasteiger partial charge in [0.1, 0.15) is 11.8 Å². The van der Waals surface area contributed by atoms with E-state index in [1.807, 2.05) is 0 Å². The second-order valence-corrected chi connectivity index (χ2v) is 6.81. The maximum atomic E-state index is 14.9. The van der Waals surface area contributed by atoms with E-state index in [9.17, 15) is 13.9 Å². The molecule has 0 amide bonds. The lowest BCUT2D eigenvalue weighted by atomic mass is 9.98. The predicted octanol–water partition coefficient (Wildman–Crippen LogP) is 2.80. The standard InChI is InChI=1S/C21H20F2N4O4/c1-30-15-6-16(31-2)19(23)17(18(15)22)20(29)14-9-25-21-13(14)5-11(7-24-21)12-8-26-27(10-12)3-4-28/h5-10,20,28-29H,3-4H2,1-2H3,(H,24,25). The van der Waals surface area contributed by atoms with Gasteiger partial charge in [-0.05, 0) is 6.07 Å². The van der Waals surface area contributed by atoms with Gasteiger partial charge in [0.15, 0.2) is 23.1 Å². The van der Waals surface area contributed by atoms with Gasteiger partial charge in [-0.25, -0.2) is 13.8 Å². The van der Waals surface area contributed by atoms with Gasteiger partial charge in [0.05, 0.1) is 39.1 Å². The van der Waals surface area contributed by atoms with Gasteiger partial charge in [0.25, 0.3) is 0 Å². The van der Waals surface area contributed by atoms with Crippen LogP contribution in [0.5, 0.6) is 11.5 Å². The zero-order valence-electron chi connectivity index (χ0n) is 16.8. The Bertz CT molecular complexity index is 1210. The van der Waals surface area contributed by atoms with E-state index < -0.39 is 23.3 Å². The van der Waals surface area contributed by atoms with Gasteiger partial charge in [-0.1, -0.05) is 0 Å². The van der Waals surface area contributed by atoms with Crippen LogP contribution in [-0.4, -0.2) is 50.8 Å². The lowest BCUT2D eigenvalue weighted by molar-refractivity contribution is 0.206. The average Bonchev–Trinajstić information content (AvgIpc) is 3.41. The number of methoxy groups -OCH3 is 2. The van der Waals surface area contributed by atoms with Crippen molar-refractivity contribution < 1.29 is 28.5 Å². The van der Waals surface area contributed by atoms with Crippen LogP contribution in [0, 0.1) is 11.6 Å². The summed E-state index contributed by atoms with van der Waals surface area (Å²) in [5.74, 6) is -2.53. The molecule has 0 saturated carbocycles. The van der Waals surface area contributed by atoms with E-state index in [1.165, 1.54) is 20.4 Å². The van der Waals surface area contributed by atoms with Crippen molar-refractivity contribution in [3.63, 3.8) is 0 Å². The smallest absolute Gasteiger partial charge is 0.174 e. The third kappa shape index (κ3) is 3.60. The molecule has 3 N–H and O–H groups in total. The van der Waals surface area contributed by atoms with E-state index in [0.29, 0.717) is 23.1 Å². The van der Waals surface area contributed by atoms with Gasteiger partial charge in [-0.15, -0.1) is 0 Å². The van der Waals surface area contributed by atoms with Crippen molar-refractivity contribution in [2.24, 2.45) is 0 Å². The molecule has 10 heteroatoms. The van der Waals surface area contributed by atoms with Crippen LogP contribution < -0.4 is 9.47 Å². The first-order valence-corrected chi connectivity index (χ1v) is 9.37. The molecule has 8 nitrogen and oxygen atoms in total. The minimum atomic E-state index is -1.65. The summed E-state index contributed by atoms with van der Waals surface area (Å²) in [7, 11) is 2.48. The number of hydrogen-bond acceptors (Lipinski definition) is 6.